The van der Waals surface area contributed by atoms with Crippen molar-refractivity contribution in [1.82, 2.24) is 5.32 Å². The summed E-state index contributed by atoms with van der Waals surface area (Å²) in [6.07, 6.45) is 1.22. The summed E-state index contributed by atoms with van der Waals surface area (Å²) in [5, 5.41) is 4.07. The molecule has 0 aliphatic rings. The summed E-state index contributed by atoms with van der Waals surface area (Å²) in [4.78, 5) is 0. The number of ether oxygens (including phenoxy) is 1. The predicted octanol–water partition coefficient (Wildman–Crippen LogP) is 4.82. The molecule has 0 amide bonds. The van der Waals surface area contributed by atoms with Gasteiger partial charge < -0.3 is 10.1 Å². The lowest BCUT2D eigenvalue weighted by molar-refractivity contribution is 0.193. The van der Waals surface area contributed by atoms with Gasteiger partial charge in [-0.15, -0.1) is 0 Å². The van der Waals surface area contributed by atoms with Crippen LogP contribution in [-0.4, -0.2) is 12.6 Å². The molecule has 0 spiro atoms. The quantitative estimate of drug-likeness (QED) is 0.774. The van der Waals surface area contributed by atoms with Crippen LogP contribution in [0.1, 0.15) is 52.6 Å². The van der Waals surface area contributed by atoms with Crippen LogP contribution < -0.4 is 10.1 Å². The maximum absolute atomic E-state index is 6.30. The summed E-state index contributed by atoms with van der Waals surface area (Å²) >= 11 is 6.30. The Morgan fingerprint density at radius 3 is 2.42 bits per heavy atom. The highest BCUT2D eigenvalue weighted by atomic mass is 35.5. The molecular formula is C16H26ClNO. The second-order valence-electron chi connectivity index (χ2n) is 5.53. The predicted molar refractivity (Wildman–Crippen MR) is 83.1 cm³/mol. The number of hydrogen-bond acceptors (Lipinski definition) is 2. The third-order valence-electron chi connectivity index (χ3n) is 3.10. The molecule has 1 aromatic rings. The fourth-order valence-electron chi connectivity index (χ4n) is 2.23. The molecule has 3 heteroatoms. The third-order valence-corrected chi connectivity index (χ3v) is 3.39. The lowest BCUT2D eigenvalue weighted by Crippen LogP contribution is -2.18. The van der Waals surface area contributed by atoms with Crippen LogP contribution in [0.2, 0.25) is 5.02 Å². The fraction of sp³-hybridized carbons (Fsp3) is 0.625. The highest BCUT2D eigenvalue weighted by Crippen LogP contribution is 2.29. The first-order valence-corrected chi connectivity index (χ1v) is 7.51. The topological polar surface area (TPSA) is 21.3 Å². The molecule has 2 unspecified atom stereocenters. The Hall–Kier alpha value is -0.730. The van der Waals surface area contributed by atoms with Gasteiger partial charge in [-0.1, -0.05) is 38.4 Å². The molecule has 108 valence electrons. The average molecular weight is 284 g/mol. The van der Waals surface area contributed by atoms with E-state index in [0.717, 1.165) is 18.7 Å². The van der Waals surface area contributed by atoms with Gasteiger partial charge in [0.1, 0.15) is 5.75 Å². The summed E-state index contributed by atoms with van der Waals surface area (Å²) in [6.45, 7) is 11.7. The van der Waals surface area contributed by atoms with Crippen molar-refractivity contribution in [2.24, 2.45) is 5.92 Å². The van der Waals surface area contributed by atoms with Gasteiger partial charge in [-0.05, 0) is 50.4 Å². The Morgan fingerprint density at radius 2 is 1.89 bits per heavy atom. The molecule has 2 atom stereocenters. The van der Waals surface area contributed by atoms with Crippen molar-refractivity contribution >= 4 is 11.6 Å². The minimum Gasteiger partial charge on any atom is -0.489 e. The van der Waals surface area contributed by atoms with Gasteiger partial charge in [0.05, 0.1) is 11.1 Å². The van der Waals surface area contributed by atoms with Crippen LogP contribution in [0, 0.1) is 5.92 Å². The number of hydrogen-bond donors (Lipinski definition) is 1. The minimum absolute atomic E-state index is 0.189. The first-order chi connectivity index (χ1) is 8.93. The highest BCUT2D eigenvalue weighted by molar-refractivity contribution is 6.32. The average Bonchev–Trinajstić information content (AvgIpc) is 2.31. The minimum atomic E-state index is 0.189. The van der Waals surface area contributed by atoms with Crippen molar-refractivity contribution in [3.05, 3.63) is 28.8 Å². The summed E-state index contributed by atoms with van der Waals surface area (Å²) in [7, 11) is 0. The zero-order chi connectivity index (χ0) is 14.4. The molecule has 2 nitrogen and oxygen atoms in total. The molecule has 0 fully saturated rings. The van der Waals surface area contributed by atoms with E-state index >= 15 is 0 Å². The van der Waals surface area contributed by atoms with Crippen molar-refractivity contribution in [2.75, 3.05) is 6.54 Å². The normalized spacial score (nSPS) is 14.5. The molecule has 0 aromatic heterocycles. The van der Waals surface area contributed by atoms with E-state index < -0.39 is 0 Å². The molecule has 0 radical (unpaired) electrons. The van der Waals surface area contributed by atoms with Gasteiger partial charge in [0.2, 0.25) is 0 Å². The Morgan fingerprint density at radius 1 is 1.21 bits per heavy atom. The summed E-state index contributed by atoms with van der Waals surface area (Å²) in [5.41, 5.74) is 1.19. The molecule has 0 aliphatic carbocycles. The maximum atomic E-state index is 6.30. The summed E-state index contributed by atoms with van der Waals surface area (Å²) in [6, 6.07) is 6.36. The second-order valence-corrected chi connectivity index (χ2v) is 5.93. The van der Waals surface area contributed by atoms with E-state index in [0.29, 0.717) is 17.0 Å². The smallest absolute Gasteiger partial charge is 0.138 e. The van der Waals surface area contributed by atoms with Gasteiger partial charge in [0.25, 0.3) is 0 Å². The first-order valence-electron chi connectivity index (χ1n) is 7.13. The van der Waals surface area contributed by atoms with Gasteiger partial charge in [0, 0.05) is 6.04 Å². The van der Waals surface area contributed by atoms with E-state index in [2.05, 4.69) is 46.0 Å². The SMILES string of the molecule is CCNC(C)c1ccc(OC(C)CC(C)C)c(Cl)c1. The van der Waals surface area contributed by atoms with Gasteiger partial charge in [0.15, 0.2) is 0 Å². The van der Waals surface area contributed by atoms with Crippen molar-refractivity contribution < 1.29 is 4.74 Å². The molecule has 0 aliphatic heterocycles. The number of halogens is 1. The van der Waals surface area contributed by atoms with Gasteiger partial charge in [-0.25, -0.2) is 0 Å². The van der Waals surface area contributed by atoms with Crippen LogP contribution in [0.15, 0.2) is 18.2 Å². The zero-order valence-electron chi connectivity index (χ0n) is 12.7. The monoisotopic (exact) mass is 283 g/mol. The van der Waals surface area contributed by atoms with Gasteiger partial charge in [-0.3, -0.25) is 0 Å². The Balaban J connectivity index is 2.71. The molecule has 1 aromatic carbocycles. The van der Waals surface area contributed by atoms with Crippen molar-refractivity contribution in [2.45, 2.75) is 53.2 Å². The Labute approximate surface area is 122 Å². The van der Waals surface area contributed by atoms with E-state index in [4.69, 9.17) is 16.3 Å². The van der Waals surface area contributed by atoms with Crippen LogP contribution in [0.5, 0.6) is 5.75 Å². The lowest BCUT2D eigenvalue weighted by atomic mass is 10.1. The molecule has 19 heavy (non-hydrogen) atoms. The van der Waals surface area contributed by atoms with E-state index in [9.17, 15) is 0 Å². The Kier molecular flexibility index (Phi) is 6.67. The number of benzene rings is 1. The van der Waals surface area contributed by atoms with E-state index in [1.807, 2.05) is 12.1 Å². The third kappa shape index (κ3) is 5.42. The van der Waals surface area contributed by atoms with Crippen LogP contribution in [-0.2, 0) is 0 Å². The van der Waals surface area contributed by atoms with E-state index in [-0.39, 0.29) is 6.10 Å². The van der Waals surface area contributed by atoms with Crippen LogP contribution in [0.25, 0.3) is 0 Å². The molecule has 0 bridgehead atoms. The van der Waals surface area contributed by atoms with Crippen molar-refractivity contribution in [3.8, 4) is 5.75 Å². The van der Waals surface area contributed by atoms with Crippen LogP contribution in [0.4, 0.5) is 0 Å². The maximum Gasteiger partial charge on any atom is 0.138 e. The molecule has 0 saturated heterocycles. The standard InChI is InChI=1S/C16H26ClNO/c1-6-18-13(5)14-7-8-16(15(17)10-14)19-12(4)9-11(2)3/h7-8,10-13,18H,6,9H2,1-5H3. The summed E-state index contributed by atoms with van der Waals surface area (Å²) in [5.74, 6) is 1.41. The Bertz CT molecular complexity index is 392. The number of rotatable bonds is 7. The lowest BCUT2D eigenvalue weighted by Gasteiger charge is -2.19. The van der Waals surface area contributed by atoms with Crippen molar-refractivity contribution in [3.63, 3.8) is 0 Å². The largest absolute Gasteiger partial charge is 0.489 e. The zero-order valence-corrected chi connectivity index (χ0v) is 13.4. The fourth-order valence-corrected chi connectivity index (χ4v) is 2.47. The van der Waals surface area contributed by atoms with Crippen molar-refractivity contribution in [1.29, 1.82) is 0 Å². The molecule has 1 rings (SSSR count). The second kappa shape index (κ2) is 7.76. The number of nitrogens with one attached hydrogen (secondary N) is 1. The highest BCUT2D eigenvalue weighted by Gasteiger charge is 2.11. The molecule has 0 saturated carbocycles. The van der Waals surface area contributed by atoms with Gasteiger partial charge >= 0.3 is 0 Å². The first kappa shape index (κ1) is 16.3. The van der Waals surface area contributed by atoms with Crippen LogP contribution in [0.3, 0.4) is 0 Å². The molecule has 1 N–H and O–H groups in total. The van der Waals surface area contributed by atoms with E-state index in [1.54, 1.807) is 0 Å². The molecule has 0 heterocycles. The van der Waals surface area contributed by atoms with Gasteiger partial charge in [-0.2, -0.15) is 0 Å². The molecular weight excluding hydrogens is 258 g/mol. The van der Waals surface area contributed by atoms with E-state index in [1.165, 1.54) is 5.56 Å². The summed E-state index contributed by atoms with van der Waals surface area (Å²) < 4.78 is 5.90. The van der Waals surface area contributed by atoms with Crippen LogP contribution >= 0.6 is 11.6 Å².